The van der Waals surface area contributed by atoms with Crippen molar-refractivity contribution >= 4 is 34.3 Å². The average Bonchev–Trinajstić information content (AvgIpc) is 3.46. The number of thiophene rings is 1. The van der Waals surface area contributed by atoms with Crippen molar-refractivity contribution in [2.45, 2.75) is 39.2 Å². The highest BCUT2D eigenvalue weighted by Crippen LogP contribution is 2.30. The van der Waals surface area contributed by atoms with Crippen molar-refractivity contribution in [1.82, 2.24) is 19.7 Å². The van der Waals surface area contributed by atoms with Crippen LogP contribution in [0.3, 0.4) is 0 Å². The minimum Gasteiger partial charge on any atom is -0.321 e. The lowest BCUT2D eigenvalue weighted by atomic mass is 10.2. The zero-order chi connectivity index (χ0) is 20.5. The molecule has 0 spiro atoms. The van der Waals surface area contributed by atoms with Crippen LogP contribution in [-0.4, -0.2) is 25.7 Å². The number of fused-ring (bicyclic) bond motifs is 1. The summed E-state index contributed by atoms with van der Waals surface area (Å²) in [6.07, 6.45) is 4.50. The number of benzene rings is 1. The van der Waals surface area contributed by atoms with Gasteiger partial charge >= 0.3 is 0 Å². The van der Waals surface area contributed by atoms with Crippen molar-refractivity contribution in [2.24, 2.45) is 0 Å². The molecule has 1 aromatic carbocycles. The molecule has 4 heterocycles. The van der Waals surface area contributed by atoms with Crippen LogP contribution < -0.4 is 5.32 Å². The largest absolute Gasteiger partial charge is 0.321 e. The van der Waals surface area contributed by atoms with Crippen molar-refractivity contribution in [2.75, 3.05) is 5.32 Å². The first-order valence-corrected chi connectivity index (χ1v) is 11.8. The number of aromatic nitrogens is 4. The zero-order valence-corrected chi connectivity index (χ0v) is 18.2. The number of hydrogen-bond donors (Lipinski definition) is 1. The van der Waals surface area contributed by atoms with E-state index in [0.717, 1.165) is 65.0 Å². The predicted molar refractivity (Wildman–Crippen MR) is 121 cm³/mol. The van der Waals surface area contributed by atoms with Gasteiger partial charge < -0.3 is 9.88 Å². The fourth-order valence-corrected chi connectivity index (χ4v) is 5.41. The highest BCUT2D eigenvalue weighted by Gasteiger charge is 2.19. The Balaban J connectivity index is 1.39. The van der Waals surface area contributed by atoms with Gasteiger partial charge in [-0.05, 0) is 43.3 Å². The molecule has 0 atom stereocenters. The van der Waals surface area contributed by atoms with Crippen molar-refractivity contribution in [3.63, 3.8) is 0 Å². The zero-order valence-electron chi connectivity index (χ0n) is 16.6. The summed E-state index contributed by atoms with van der Waals surface area (Å²) in [5.41, 5.74) is 3.51. The topological polar surface area (TPSA) is 72.7 Å². The Morgan fingerprint density at radius 3 is 2.93 bits per heavy atom. The minimum absolute atomic E-state index is 0.135. The fraction of sp³-hybridized carbons (Fsp3) is 0.273. The Kier molecular flexibility index (Phi) is 5.18. The quantitative estimate of drug-likeness (QED) is 0.465. The van der Waals surface area contributed by atoms with Crippen molar-refractivity contribution < 1.29 is 4.79 Å². The summed E-state index contributed by atoms with van der Waals surface area (Å²) < 4.78 is 2.22. The molecule has 152 valence electrons. The van der Waals surface area contributed by atoms with Crippen LogP contribution in [0, 0.1) is 6.92 Å². The van der Waals surface area contributed by atoms with Gasteiger partial charge in [-0.2, -0.15) is 11.3 Å². The molecule has 1 amide bonds. The average molecular weight is 436 g/mol. The van der Waals surface area contributed by atoms with Crippen LogP contribution in [0.15, 0.2) is 41.1 Å². The van der Waals surface area contributed by atoms with Gasteiger partial charge in [0.15, 0.2) is 5.82 Å². The van der Waals surface area contributed by atoms with Crippen molar-refractivity contribution in [3.05, 3.63) is 57.5 Å². The molecule has 0 saturated carbocycles. The number of anilines is 1. The molecule has 0 aliphatic carbocycles. The van der Waals surface area contributed by atoms with Gasteiger partial charge in [0.2, 0.25) is 0 Å². The number of hydrogen-bond acceptors (Lipinski definition) is 6. The number of aryl methyl sites for hydroxylation is 2. The van der Waals surface area contributed by atoms with Gasteiger partial charge in [0, 0.05) is 35.2 Å². The maximum absolute atomic E-state index is 12.9. The van der Waals surface area contributed by atoms with Gasteiger partial charge in [0.05, 0.1) is 5.69 Å². The van der Waals surface area contributed by atoms with Crippen molar-refractivity contribution in [3.8, 4) is 22.0 Å². The molecule has 0 bridgehead atoms. The lowest BCUT2D eigenvalue weighted by Crippen LogP contribution is -2.11. The SMILES string of the molecule is Cc1nc(-c2ccsc2)sc1C(=O)Nc1cccc(-c2nnc3n2CCCCC3)c1. The van der Waals surface area contributed by atoms with Crippen LogP contribution in [0.2, 0.25) is 0 Å². The fourth-order valence-electron chi connectivity index (χ4n) is 3.74. The smallest absolute Gasteiger partial charge is 0.267 e. The van der Waals surface area contributed by atoms with E-state index in [1.807, 2.05) is 48.0 Å². The number of thiazole rings is 1. The van der Waals surface area contributed by atoms with Crippen LogP contribution in [0.4, 0.5) is 5.69 Å². The molecule has 4 aromatic rings. The third kappa shape index (κ3) is 3.68. The Labute approximate surface area is 182 Å². The third-order valence-electron chi connectivity index (χ3n) is 5.26. The molecule has 1 aliphatic heterocycles. The molecule has 1 aliphatic rings. The van der Waals surface area contributed by atoms with Crippen LogP contribution in [-0.2, 0) is 13.0 Å². The van der Waals surface area contributed by atoms with E-state index >= 15 is 0 Å². The van der Waals surface area contributed by atoms with E-state index in [1.165, 1.54) is 17.8 Å². The summed E-state index contributed by atoms with van der Waals surface area (Å²) in [6.45, 7) is 2.82. The number of amides is 1. The van der Waals surface area contributed by atoms with E-state index in [1.54, 1.807) is 11.3 Å². The van der Waals surface area contributed by atoms with Gasteiger partial charge in [0.1, 0.15) is 15.7 Å². The Morgan fingerprint density at radius 2 is 2.07 bits per heavy atom. The lowest BCUT2D eigenvalue weighted by Gasteiger charge is -2.09. The third-order valence-corrected chi connectivity index (χ3v) is 7.15. The second-order valence-electron chi connectivity index (χ2n) is 7.38. The molecule has 1 N–H and O–H groups in total. The summed E-state index contributed by atoms with van der Waals surface area (Å²) in [5, 5.41) is 16.8. The molecule has 0 unspecified atom stereocenters. The number of carbonyl (C=O) groups excluding carboxylic acids is 1. The van der Waals surface area contributed by atoms with E-state index in [2.05, 4.69) is 25.1 Å². The van der Waals surface area contributed by atoms with Crippen LogP contribution in [0.1, 0.15) is 40.5 Å². The summed E-state index contributed by atoms with van der Waals surface area (Å²) in [6, 6.07) is 9.85. The first-order chi connectivity index (χ1) is 14.7. The molecular formula is C22H21N5OS2. The Bertz CT molecular complexity index is 1190. The second kappa shape index (κ2) is 8.12. The standard InChI is InChI=1S/C22H21N5OS2/c1-14-19(30-22(23-14)16-9-11-29-13-16)21(28)24-17-7-5-6-15(12-17)20-26-25-18-8-3-2-4-10-27(18)20/h5-7,9,11-13H,2-4,8,10H2,1H3,(H,24,28). The van der Waals surface area contributed by atoms with Crippen LogP contribution >= 0.6 is 22.7 Å². The number of carbonyl (C=O) groups is 1. The normalized spacial score (nSPS) is 13.6. The van der Waals surface area contributed by atoms with Gasteiger partial charge in [-0.25, -0.2) is 4.98 Å². The lowest BCUT2D eigenvalue weighted by molar-refractivity contribution is 0.103. The molecule has 0 fully saturated rings. The van der Waals surface area contributed by atoms with Gasteiger partial charge in [0.25, 0.3) is 5.91 Å². The number of nitrogens with zero attached hydrogens (tertiary/aromatic N) is 4. The monoisotopic (exact) mass is 435 g/mol. The summed E-state index contributed by atoms with van der Waals surface area (Å²) >= 11 is 3.05. The van der Waals surface area contributed by atoms with E-state index in [0.29, 0.717) is 4.88 Å². The molecule has 6 nitrogen and oxygen atoms in total. The summed E-state index contributed by atoms with van der Waals surface area (Å²) in [7, 11) is 0. The maximum Gasteiger partial charge on any atom is 0.267 e. The molecule has 0 saturated heterocycles. The van der Waals surface area contributed by atoms with Gasteiger partial charge in [-0.1, -0.05) is 18.6 Å². The highest BCUT2D eigenvalue weighted by atomic mass is 32.1. The first-order valence-electron chi connectivity index (χ1n) is 10.0. The van der Waals surface area contributed by atoms with E-state index < -0.39 is 0 Å². The first kappa shape index (κ1) is 19.1. The second-order valence-corrected chi connectivity index (χ2v) is 9.16. The van der Waals surface area contributed by atoms with Crippen molar-refractivity contribution in [1.29, 1.82) is 0 Å². The molecule has 0 radical (unpaired) electrons. The Morgan fingerprint density at radius 1 is 1.13 bits per heavy atom. The molecule has 8 heteroatoms. The molecule has 3 aromatic heterocycles. The highest BCUT2D eigenvalue weighted by molar-refractivity contribution is 7.17. The number of nitrogens with one attached hydrogen (secondary N) is 1. The minimum atomic E-state index is -0.135. The van der Waals surface area contributed by atoms with E-state index in [9.17, 15) is 4.79 Å². The maximum atomic E-state index is 12.9. The summed E-state index contributed by atoms with van der Waals surface area (Å²) in [5.74, 6) is 1.79. The van der Waals surface area contributed by atoms with Gasteiger partial charge in [-0.15, -0.1) is 21.5 Å². The molecule has 5 rings (SSSR count). The number of rotatable bonds is 4. The molecular weight excluding hydrogens is 414 g/mol. The van der Waals surface area contributed by atoms with E-state index in [-0.39, 0.29) is 5.91 Å². The Hall–Kier alpha value is -2.84. The van der Waals surface area contributed by atoms with Crippen LogP contribution in [0.25, 0.3) is 22.0 Å². The molecule has 30 heavy (non-hydrogen) atoms. The van der Waals surface area contributed by atoms with E-state index in [4.69, 9.17) is 0 Å². The van der Waals surface area contributed by atoms with Crippen LogP contribution in [0.5, 0.6) is 0 Å². The summed E-state index contributed by atoms with van der Waals surface area (Å²) in [4.78, 5) is 18.1. The predicted octanol–water partition coefficient (Wildman–Crippen LogP) is 5.42. The van der Waals surface area contributed by atoms with Gasteiger partial charge in [-0.3, -0.25) is 4.79 Å².